The van der Waals surface area contributed by atoms with E-state index in [9.17, 15) is 14.7 Å². The smallest absolute Gasteiger partial charge is 0.319 e. The summed E-state index contributed by atoms with van der Waals surface area (Å²) in [5, 5.41) is 21.1. The molecule has 18 heavy (non-hydrogen) atoms. The number of aliphatic hydroxyl groups excluding tert-OH is 1. The van der Waals surface area contributed by atoms with Crippen LogP contribution in [0.3, 0.4) is 0 Å². The number of ether oxygens (including phenoxy) is 1. The van der Waals surface area contributed by atoms with Crippen LogP contribution in [0, 0.1) is 5.41 Å². The molecule has 0 aliphatic rings. The number of hydrogen-bond donors (Lipinski definition) is 3. The van der Waals surface area contributed by atoms with Gasteiger partial charge in [0.2, 0.25) is 5.91 Å². The summed E-state index contributed by atoms with van der Waals surface area (Å²) in [6.45, 7) is 3.88. The van der Waals surface area contributed by atoms with E-state index in [1.165, 1.54) is 14.0 Å². The van der Waals surface area contributed by atoms with Gasteiger partial charge >= 0.3 is 5.97 Å². The quantitative estimate of drug-likeness (QED) is 0.412. The molecule has 0 saturated carbocycles. The molecule has 0 aliphatic carbocycles. The van der Waals surface area contributed by atoms with Crippen molar-refractivity contribution in [3.05, 3.63) is 0 Å². The first-order valence-electron chi connectivity index (χ1n) is 6.09. The lowest BCUT2D eigenvalue weighted by Crippen LogP contribution is -2.45. The first-order chi connectivity index (χ1) is 8.38. The van der Waals surface area contributed by atoms with Crippen LogP contribution in [-0.4, -0.2) is 48.5 Å². The molecule has 2 atom stereocenters. The van der Waals surface area contributed by atoms with Gasteiger partial charge in [-0.05, 0) is 13.3 Å². The van der Waals surface area contributed by atoms with Gasteiger partial charge in [-0.3, -0.25) is 9.59 Å². The van der Waals surface area contributed by atoms with E-state index in [-0.39, 0.29) is 13.0 Å². The fourth-order valence-electron chi connectivity index (χ4n) is 1.55. The number of aliphatic carboxylic acids is 1. The summed E-state index contributed by atoms with van der Waals surface area (Å²) in [6, 6.07) is 0. The van der Waals surface area contributed by atoms with Crippen LogP contribution in [0.5, 0.6) is 0 Å². The van der Waals surface area contributed by atoms with Gasteiger partial charge < -0.3 is 20.3 Å². The zero-order valence-corrected chi connectivity index (χ0v) is 11.2. The molecule has 0 aromatic rings. The highest BCUT2D eigenvalue weighted by molar-refractivity contribution is 6.01. The number of rotatable bonds is 9. The van der Waals surface area contributed by atoms with Crippen LogP contribution >= 0.6 is 0 Å². The second-order valence-electron chi connectivity index (χ2n) is 4.50. The van der Waals surface area contributed by atoms with E-state index < -0.39 is 23.4 Å². The van der Waals surface area contributed by atoms with Crippen molar-refractivity contribution in [2.75, 3.05) is 20.3 Å². The van der Waals surface area contributed by atoms with Crippen LogP contribution in [0.1, 0.15) is 33.1 Å². The monoisotopic (exact) mass is 261 g/mol. The fourth-order valence-corrected chi connectivity index (χ4v) is 1.55. The molecule has 106 valence electrons. The largest absolute Gasteiger partial charge is 0.480 e. The molecule has 0 radical (unpaired) electrons. The maximum absolute atomic E-state index is 11.5. The van der Waals surface area contributed by atoms with Crippen molar-refractivity contribution in [3.63, 3.8) is 0 Å². The normalized spacial score (nSPS) is 15.8. The average molecular weight is 261 g/mol. The fraction of sp³-hybridized carbons (Fsp3) is 0.833. The molecule has 3 N–H and O–H groups in total. The summed E-state index contributed by atoms with van der Waals surface area (Å²) >= 11 is 0. The topological polar surface area (TPSA) is 95.9 Å². The number of carboxylic acid groups (broad SMARTS) is 1. The molecule has 0 aliphatic heterocycles. The SMILES string of the molecule is CCCCOCC(O)CC(C)(C(=O)O)C(=O)NC. The molecule has 0 fully saturated rings. The second-order valence-corrected chi connectivity index (χ2v) is 4.50. The third kappa shape index (κ3) is 5.01. The van der Waals surface area contributed by atoms with Gasteiger partial charge in [-0.2, -0.15) is 0 Å². The van der Waals surface area contributed by atoms with Gasteiger partial charge in [0.1, 0.15) is 5.41 Å². The van der Waals surface area contributed by atoms with Crippen molar-refractivity contribution < 1.29 is 24.5 Å². The van der Waals surface area contributed by atoms with Crippen LogP contribution in [-0.2, 0) is 14.3 Å². The first-order valence-corrected chi connectivity index (χ1v) is 6.09. The van der Waals surface area contributed by atoms with Crippen LogP contribution in [0.4, 0.5) is 0 Å². The van der Waals surface area contributed by atoms with Gasteiger partial charge in [0, 0.05) is 20.1 Å². The molecular formula is C12H23NO5. The summed E-state index contributed by atoms with van der Waals surface area (Å²) < 4.78 is 5.20. The molecule has 0 saturated heterocycles. The Morgan fingerprint density at radius 3 is 2.50 bits per heavy atom. The predicted octanol–water partition coefficient (Wildman–Crippen LogP) is 0.391. The Hall–Kier alpha value is -1.14. The lowest BCUT2D eigenvalue weighted by atomic mass is 9.83. The van der Waals surface area contributed by atoms with Crippen molar-refractivity contribution in [1.29, 1.82) is 0 Å². The third-order valence-corrected chi connectivity index (χ3v) is 2.80. The van der Waals surface area contributed by atoms with E-state index >= 15 is 0 Å². The number of amides is 1. The Kier molecular flexibility index (Phi) is 7.54. The summed E-state index contributed by atoms with van der Waals surface area (Å²) in [7, 11) is 1.37. The Labute approximate surface area is 107 Å². The minimum Gasteiger partial charge on any atom is -0.480 e. The van der Waals surface area contributed by atoms with Gasteiger partial charge in [0.15, 0.2) is 0 Å². The predicted molar refractivity (Wildman–Crippen MR) is 66.2 cm³/mol. The van der Waals surface area contributed by atoms with Crippen LogP contribution in [0.15, 0.2) is 0 Å². The van der Waals surface area contributed by atoms with Crippen LogP contribution in [0.2, 0.25) is 0 Å². The molecular weight excluding hydrogens is 238 g/mol. The number of nitrogens with one attached hydrogen (secondary N) is 1. The number of hydrogen-bond acceptors (Lipinski definition) is 4. The highest BCUT2D eigenvalue weighted by atomic mass is 16.5. The van der Waals surface area contributed by atoms with Gasteiger partial charge in [0.25, 0.3) is 0 Å². The summed E-state index contributed by atoms with van der Waals surface area (Å²) in [5.74, 6) is -1.88. The molecule has 0 rings (SSSR count). The maximum atomic E-state index is 11.5. The van der Waals surface area contributed by atoms with Crippen molar-refractivity contribution in [2.24, 2.45) is 5.41 Å². The van der Waals surface area contributed by atoms with Gasteiger partial charge in [-0.1, -0.05) is 13.3 Å². The summed E-state index contributed by atoms with van der Waals surface area (Å²) in [6.07, 6.45) is 0.730. The van der Waals surface area contributed by atoms with E-state index in [4.69, 9.17) is 9.84 Å². The van der Waals surface area contributed by atoms with Gasteiger partial charge in [-0.15, -0.1) is 0 Å². The zero-order chi connectivity index (χ0) is 14.2. The van der Waals surface area contributed by atoms with Gasteiger partial charge in [-0.25, -0.2) is 0 Å². The minimum atomic E-state index is -1.64. The highest BCUT2D eigenvalue weighted by Gasteiger charge is 2.42. The van der Waals surface area contributed by atoms with Crippen molar-refractivity contribution in [3.8, 4) is 0 Å². The molecule has 6 heteroatoms. The molecule has 1 amide bonds. The Balaban J connectivity index is 4.33. The lowest BCUT2D eigenvalue weighted by molar-refractivity contribution is -0.157. The molecule has 0 aromatic heterocycles. The van der Waals surface area contributed by atoms with Crippen LogP contribution < -0.4 is 5.32 Å². The second kappa shape index (κ2) is 8.05. The Morgan fingerprint density at radius 2 is 2.06 bits per heavy atom. The Bertz CT molecular complexity index is 282. The van der Waals surface area contributed by atoms with E-state index in [2.05, 4.69) is 5.32 Å². The number of carbonyl (C=O) groups excluding carboxylic acids is 1. The molecule has 6 nitrogen and oxygen atoms in total. The number of carbonyl (C=O) groups is 2. The third-order valence-electron chi connectivity index (χ3n) is 2.80. The molecule has 0 bridgehead atoms. The highest BCUT2D eigenvalue weighted by Crippen LogP contribution is 2.24. The number of unbranched alkanes of at least 4 members (excludes halogenated alkanes) is 1. The van der Waals surface area contributed by atoms with E-state index in [1.54, 1.807) is 0 Å². The summed E-state index contributed by atoms with van der Waals surface area (Å²) in [5.41, 5.74) is -1.64. The van der Waals surface area contributed by atoms with E-state index in [0.717, 1.165) is 12.8 Å². The van der Waals surface area contributed by atoms with E-state index in [0.29, 0.717) is 6.61 Å². The lowest BCUT2D eigenvalue weighted by Gasteiger charge is -2.25. The zero-order valence-electron chi connectivity index (χ0n) is 11.2. The number of carboxylic acids is 1. The van der Waals surface area contributed by atoms with Crippen molar-refractivity contribution >= 4 is 11.9 Å². The van der Waals surface area contributed by atoms with E-state index in [1.807, 2.05) is 6.92 Å². The molecule has 0 spiro atoms. The molecule has 0 aromatic carbocycles. The summed E-state index contributed by atoms with van der Waals surface area (Å²) in [4.78, 5) is 22.7. The molecule has 0 heterocycles. The minimum absolute atomic E-state index is 0.0415. The van der Waals surface area contributed by atoms with Crippen molar-refractivity contribution in [2.45, 2.75) is 39.2 Å². The maximum Gasteiger partial charge on any atom is 0.319 e. The standard InChI is InChI=1S/C12H23NO5/c1-4-5-6-18-8-9(14)7-12(2,11(16)17)10(15)13-3/h9,14H,4-8H2,1-3H3,(H,13,15)(H,16,17). The van der Waals surface area contributed by atoms with Crippen LogP contribution in [0.25, 0.3) is 0 Å². The molecule has 2 unspecified atom stereocenters. The first kappa shape index (κ1) is 16.9. The average Bonchev–Trinajstić information content (AvgIpc) is 2.33. The Morgan fingerprint density at radius 1 is 1.44 bits per heavy atom. The number of aliphatic hydroxyl groups is 1. The van der Waals surface area contributed by atoms with Gasteiger partial charge in [0.05, 0.1) is 12.7 Å². The van der Waals surface area contributed by atoms with Crippen molar-refractivity contribution in [1.82, 2.24) is 5.32 Å².